The molecule has 1 aliphatic heterocycles. The van der Waals surface area contributed by atoms with Crippen molar-refractivity contribution in [3.63, 3.8) is 0 Å². The predicted octanol–water partition coefficient (Wildman–Crippen LogP) is 5.40. The lowest BCUT2D eigenvalue weighted by Gasteiger charge is -2.34. The third-order valence-corrected chi connectivity index (χ3v) is 5.98. The number of rotatable bonds is 9. The second-order valence-corrected chi connectivity index (χ2v) is 8.31. The molecule has 0 aliphatic carbocycles. The summed E-state index contributed by atoms with van der Waals surface area (Å²) in [5.41, 5.74) is 2.95. The van der Waals surface area contributed by atoms with Crippen LogP contribution in [0, 0.1) is 11.6 Å². The van der Waals surface area contributed by atoms with Gasteiger partial charge in [-0.05, 0) is 41.0 Å². The second kappa shape index (κ2) is 11.8. The number of halogens is 2. The SMILES string of the molecule is Fc1ccc(C(OCCN2CCN(CC=Cc3ccccc3)CC2)c2ccc(F)cc2)cc1. The van der Waals surface area contributed by atoms with E-state index in [1.807, 2.05) is 6.07 Å². The molecule has 1 fully saturated rings. The second-order valence-electron chi connectivity index (χ2n) is 8.31. The van der Waals surface area contributed by atoms with E-state index in [0.29, 0.717) is 6.61 Å². The summed E-state index contributed by atoms with van der Waals surface area (Å²) in [6, 6.07) is 23.0. The van der Waals surface area contributed by atoms with Crippen molar-refractivity contribution in [3.05, 3.63) is 113 Å². The van der Waals surface area contributed by atoms with E-state index in [9.17, 15) is 8.78 Å². The smallest absolute Gasteiger partial charge is 0.123 e. The Morgan fingerprint density at radius 1 is 0.727 bits per heavy atom. The highest BCUT2D eigenvalue weighted by Crippen LogP contribution is 2.26. The van der Waals surface area contributed by atoms with Gasteiger partial charge in [0.2, 0.25) is 0 Å². The molecule has 0 atom stereocenters. The topological polar surface area (TPSA) is 15.7 Å². The maximum Gasteiger partial charge on any atom is 0.123 e. The molecule has 0 bridgehead atoms. The lowest BCUT2D eigenvalue weighted by atomic mass is 10.0. The van der Waals surface area contributed by atoms with Gasteiger partial charge in [0.15, 0.2) is 0 Å². The van der Waals surface area contributed by atoms with Gasteiger partial charge in [-0.25, -0.2) is 8.78 Å². The maximum atomic E-state index is 13.4. The summed E-state index contributed by atoms with van der Waals surface area (Å²) in [6.07, 6.45) is 4.05. The van der Waals surface area contributed by atoms with Crippen LogP contribution in [0.3, 0.4) is 0 Å². The van der Waals surface area contributed by atoms with Gasteiger partial charge < -0.3 is 4.74 Å². The van der Waals surface area contributed by atoms with Crippen molar-refractivity contribution in [1.82, 2.24) is 9.80 Å². The Hall–Kier alpha value is -2.86. The molecule has 3 aromatic carbocycles. The average molecular weight is 449 g/mol. The summed E-state index contributed by atoms with van der Waals surface area (Å²) in [5, 5.41) is 0. The van der Waals surface area contributed by atoms with Crippen LogP contribution in [0.25, 0.3) is 6.08 Å². The first kappa shape index (κ1) is 23.3. The molecule has 1 aliphatic rings. The van der Waals surface area contributed by atoms with Crippen molar-refractivity contribution in [2.75, 3.05) is 45.9 Å². The molecule has 1 heterocycles. The first-order valence-corrected chi connectivity index (χ1v) is 11.5. The molecule has 5 heteroatoms. The minimum atomic E-state index is -0.351. The molecule has 0 amide bonds. The van der Waals surface area contributed by atoms with E-state index in [2.05, 4.69) is 46.2 Å². The molecule has 33 heavy (non-hydrogen) atoms. The van der Waals surface area contributed by atoms with Gasteiger partial charge in [-0.1, -0.05) is 66.7 Å². The van der Waals surface area contributed by atoms with Gasteiger partial charge in [0.05, 0.1) is 6.61 Å². The van der Waals surface area contributed by atoms with Crippen LogP contribution < -0.4 is 0 Å². The summed E-state index contributed by atoms with van der Waals surface area (Å²) < 4.78 is 33.0. The molecule has 4 rings (SSSR count). The number of benzene rings is 3. The minimum absolute atomic E-state index is 0.284. The molecule has 0 aromatic heterocycles. The fraction of sp³-hybridized carbons (Fsp3) is 0.286. The third-order valence-electron chi connectivity index (χ3n) is 5.98. The molecular formula is C28H30F2N2O. The normalized spacial score (nSPS) is 15.5. The summed E-state index contributed by atoms with van der Waals surface area (Å²) in [7, 11) is 0. The van der Waals surface area contributed by atoms with Crippen LogP contribution >= 0.6 is 0 Å². The van der Waals surface area contributed by atoms with Crippen LogP contribution in [-0.4, -0.2) is 55.7 Å². The number of ether oxygens (including phenoxy) is 1. The van der Waals surface area contributed by atoms with Gasteiger partial charge in [-0.2, -0.15) is 0 Å². The molecule has 3 nitrogen and oxygen atoms in total. The lowest BCUT2D eigenvalue weighted by Crippen LogP contribution is -2.47. The number of piperazine rings is 1. The molecule has 0 N–H and O–H groups in total. The van der Waals surface area contributed by atoms with Crippen LogP contribution in [0.1, 0.15) is 22.8 Å². The van der Waals surface area contributed by atoms with Gasteiger partial charge in [0, 0.05) is 39.3 Å². The molecule has 0 radical (unpaired) electrons. The Balaban J connectivity index is 1.25. The Kier molecular flexibility index (Phi) is 8.36. The van der Waals surface area contributed by atoms with E-state index in [0.717, 1.165) is 50.4 Å². The Morgan fingerprint density at radius 3 is 1.85 bits per heavy atom. The zero-order valence-corrected chi connectivity index (χ0v) is 18.7. The van der Waals surface area contributed by atoms with Crippen molar-refractivity contribution in [3.8, 4) is 0 Å². The molecule has 0 unspecified atom stereocenters. The number of nitrogens with zero attached hydrogens (tertiary/aromatic N) is 2. The van der Waals surface area contributed by atoms with E-state index in [1.165, 1.54) is 29.8 Å². The Morgan fingerprint density at radius 2 is 1.27 bits per heavy atom. The van der Waals surface area contributed by atoms with E-state index in [4.69, 9.17) is 4.74 Å². The van der Waals surface area contributed by atoms with Crippen LogP contribution in [-0.2, 0) is 4.74 Å². The van der Waals surface area contributed by atoms with Crippen molar-refractivity contribution in [1.29, 1.82) is 0 Å². The molecule has 0 saturated carbocycles. The van der Waals surface area contributed by atoms with Crippen LogP contribution in [0.2, 0.25) is 0 Å². The average Bonchev–Trinajstić information content (AvgIpc) is 2.85. The van der Waals surface area contributed by atoms with Crippen molar-refractivity contribution in [2.24, 2.45) is 0 Å². The van der Waals surface area contributed by atoms with Crippen LogP contribution in [0.4, 0.5) is 8.78 Å². The summed E-state index contributed by atoms with van der Waals surface area (Å²) in [6.45, 7) is 6.38. The summed E-state index contributed by atoms with van der Waals surface area (Å²) >= 11 is 0. The largest absolute Gasteiger partial charge is 0.367 e. The third kappa shape index (κ3) is 7.06. The van der Waals surface area contributed by atoms with Gasteiger partial charge >= 0.3 is 0 Å². The van der Waals surface area contributed by atoms with Crippen molar-refractivity contribution >= 4 is 6.08 Å². The summed E-state index contributed by atoms with van der Waals surface area (Å²) in [5.74, 6) is -0.568. The van der Waals surface area contributed by atoms with Gasteiger partial charge in [0.1, 0.15) is 17.7 Å². The summed E-state index contributed by atoms with van der Waals surface area (Å²) in [4.78, 5) is 4.86. The molecule has 1 saturated heterocycles. The van der Waals surface area contributed by atoms with E-state index in [-0.39, 0.29) is 17.7 Å². The van der Waals surface area contributed by atoms with Crippen LogP contribution in [0.15, 0.2) is 84.9 Å². The van der Waals surface area contributed by atoms with Gasteiger partial charge in [-0.15, -0.1) is 0 Å². The van der Waals surface area contributed by atoms with Gasteiger partial charge in [0.25, 0.3) is 0 Å². The van der Waals surface area contributed by atoms with Crippen LogP contribution in [0.5, 0.6) is 0 Å². The monoisotopic (exact) mass is 448 g/mol. The minimum Gasteiger partial charge on any atom is -0.367 e. The molecule has 3 aromatic rings. The maximum absolute atomic E-state index is 13.4. The fourth-order valence-corrected chi connectivity index (χ4v) is 4.06. The first-order chi connectivity index (χ1) is 16.2. The zero-order valence-electron chi connectivity index (χ0n) is 18.7. The Labute approximate surface area is 194 Å². The lowest BCUT2D eigenvalue weighted by molar-refractivity contribution is 0.0467. The van der Waals surface area contributed by atoms with E-state index < -0.39 is 0 Å². The molecular weight excluding hydrogens is 418 g/mol. The Bertz CT molecular complexity index is 953. The quantitative estimate of drug-likeness (QED) is 0.436. The molecule has 172 valence electrons. The van der Waals surface area contributed by atoms with Gasteiger partial charge in [-0.3, -0.25) is 9.80 Å². The fourth-order valence-electron chi connectivity index (χ4n) is 4.06. The van der Waals surface area contributed by atoms with Crippen molar-refractivity contribution < 1.29 is 13.5 Å². The first-order valence-electron chi connectivity index (χ1n) is 11.5. The highest BCUT2D eigenvalue weighted by molar-refractivity contribution is 5.48. The molecule has 0 spiro atoms. The zero-order chi connectivity index (χ0) is 22.9. The highest BCUT2D eigenvalue weighted by atomic mass is 19.1. The number of hydrogen-bond donors (Lipinski definition) is 0. The van der Waals surface area contributed by atoms with Crippen molar-refractivity contribution in [2.45, 2.75) is 6.10 Å². The number of hydrogen-bond acceptors (Lipinski definition) is 3. The van der Waals surface area contributed by atoms with E-state index in [1.54, 1.807) is 24.3 Å². The predicted molar refractivity (Wildman–Crippen MR) is 129 cm³/mol. The standard InChI is InChI=1S/C28H30F2N2O/c29-26-12-8-24(9-13-26)28(25-10-14-27(30)15-11-25)33-22-21-32-19-17-31(18-20-32)16-4-7-23-5-2-1-3-6-23/h1-15,28H,16-22H2. The highest BCUT2D eigenvalue weighted by Gasteiger charge is 2.18. The van der Waals surface area contributed by atoms with E-state index >= 15 is 0 Å².